The van der Waals surface area contributed by atoms with Crippen molar-refractivity contribution in [2.24, 2.45) is 23.5 Å². The lowest BCUT2D eigenvalue weighted by molar-refractivity contribution is 0.0623. The maximum absolute atomic E-state index is 6.43. The molecule has 2 heteroatoms. The third-order valence-electron chi connectivity index (χ3n) is 5.94. The number of nitrogens with zero attached hydrogens (tertiary/aromatic N) is 1. The molecule has 2 saturated carbocycles. The van der Waals surface area contributed by atoms with E-state index in [4.69, 9.17) is 5.73 Å². The van der Waals surface area contributed by atoms with Crippen LogP contribution >= 0.6 is 0 Å². The first-order valence-corrected chi connectivity index (χ1v) is 8.46. The van der Waals surface area contributed by atoms with E-state index in [9.17, 15) is 0 Å². The van der Waals surface area contributed by atoms with E-state index in [2.05, 4.69) is 32.7 Å². The van der Waals surface area contributed by atoms with Crippen molar-refractivity contribution in [3.05, 3.63) is 0 Å². The van der Waals surface area contributed by atoms with Crippen LogP contribution in [0.25, 0.3) is 0 Å². The fourth-order valence-electron chi connectivity index (χ4n) is 4.20. The average Bonchev–Trinajstić information content (AvgIpc) is 2.39. The first-order valence-electron chi connectivity index (χ1n) is 8.46. The molecule has 2 N–H and O–H groups in total. The third kappa shape index (κ3) is 3.72. The van der Waals surface area contributed by atoms with Crippen LogP contribution in [0.5, 0.6) is 0 Å². The molecule has 3 unspecified atom stereocenters. The van der Waals surface area contributed by atoms with Gasteiger partial charge in [0.1, 0.15) is 0 Å². The topological polar surface area (TPSA) is 29.3 Å². The molecule has 2 aliphatic rings. The Labute approximate surface area is 120 Å². The molecule has 2 rings (SSSR count). The van der Waals surface area contributed by atoms with Crippen molar-refractivity contribution in [1.29, 1.82) is 0 Å². The van der Waals surface area contributed by atoms with E-state index >= 15 is 0 Å². The fourth-order valence-corrected chi connectivity index (χ4v) is 4.20. The van der Waals surface area contributed by atoms with Gasteiger partial charge in [0, 0.05) is 18.1 Å². The molecule has 2 fully saturated rings. The van der Waals surface area contributed by atoms with E-state index in [0.29, 0.717) is 12.1 Å². The van der Waals surface area contributed by atoms with Crippen LogP contribution in [0.4, 0.5) is 0 Å². The average molecular weight is 266 g/mol. The molecule has 0 aromatic carbocycles. The second kappa shape index (κ2) is 6.58. The zero-order valence-electron chi connectivity index (χ0n) is 13.4. The van der Waals surface area contributed by atoms with Crippen LogP contribution in [-0.4, -0.2) is 30.1 Å². The fraction of sp³-hybridized carbons (Fsp3) is 1.00. The summed E-state index contributed by atoms with van der Waals surface area (Å²) in [5, 5.41) is 0. The van der Waals surface area contributed by atoms with Crippen LogP contribution in [-0.2, 0) is 0 Å². The first-order chi connectivity index (χ1) is 8.99. The molecular formula is C17H34N2. The molecule has 112 valence electrons. The largest absolute Gasteiger partial charge is 0.326 e. The number of hydrogen-bond acceptors (Lipinski definition) is 2. The summed E-state index contributed by atoms with van der Waals surface area (Å²) < 4.78 is 0. The van der Waals surface area contributed by atoms with Crippen molar-refractivity contribution in [2.45, 2.75) is 83.8 Å². The number of hydrogen-bond donors (Lipinski definition) is 1. The van der Waals surface area contributed by atoms with Crippen molar-refractivity contribution >= 4 is 0 Å². The van der Waals surface area contributed by atoms with Gasteiger partial charge < -0.3 is 5.73 Å². The van der Waals surface area contributed by atoms with Crippen molar-refractivity contribution < 1.29 is 0 Å². The molecule has 0 aromatic heterocycles. The molecule has 0 heterocycles. The molecular weight excluding hydrogens is 232 g/mol. The Morgan fingerprint density at radius 3 is 2.21 bits per heavy atom. The van der Waals surface area contributed by atoms with Gasteiger partial charge in [-0.25, -0.2) is 0 Å². The van der Waals surface area contributed by atoms with Gasteiger partial charge in [0.2, 0.25) is 0 Å². The third-order valence-corrected chi connectivity index (χ3v) is 5.94. The monoisotopic (exact) mass is 266 g/mol. The normalized spacial score (nSPS) is 40.9. The van der Waals surface area contributed by atoms with E-state index in [1.807, 2.05) is 0 Å². The Balaban J connectivity index is 1.94. The zero-order valence-corrected chi connectivity index (χ0v) is 13.4. The predicted octanol–water partition coefficient (Wildman–Crippen LogP) is 3.65. The SMILES string of the molecule is CC1CCC(N(C)C2CC(C(C)C)CCC2N)CC1. The minimum atomic E-state index is 0.402. The summed E-state index contributed by atoms with van der Waals surface area (Å²) >= 11 is 0. The summed E-state index contributed by atoms with van der Waals surface area (Å²) in [6.45, 7) is 7.15. The van der Waals surface area contributed by atoms with Crippen LogP contribution in [0.1, 0.15) is 65.7 Å². The second-order valence-corrected chi connectivity index (χ2v) is 7.63. The van der Waals surface area contributed by atoms with Crippen molar-refractivity contribution in [3.8, 4) is 0 Å². The molecule has 0 spiro atoms. The van der Waals surface area contributed by atoms with E-state index in [1.165, 1.54) is 44.9 Å². The Kier molecular flexibility index (Phi) is 5.30. The highest BCUT2D eigenvalue weighted by Gasteiger charge is 2.35. The highest BCUT2D eigenvalue weighted by Crippen LogP contribution is 2.35. The van der Waals surface area contributed by atoms with Crippen molar-refractivity contribution in [3.63, 3.8) is 0 Å². The highest BCUT2D eigenvalue weighted by molar-refractivity contribution is 4.92. The standard InChI is InChI=1S/C17H34N2/c1-12(2)14-7-10-16(18)17(11-14)19(4)15-8-5-13(3)6-9-15/h12-17H,5-11,18H2,1-4H3. The molecule has 0 radical (unpaired) electrons. The summed E-state index contributed by atoms with van der Waals surface area (Å²) in [6, 6.07) is 1.82. The summed E-state index contributed by atoms with van der Waals surface area (Å²) in [4.78, 5) is 2.66. The minimum absolute atomic E-state index is 0.402. The van der Waals surface area contributed by atoms with Gasteiger partial charge in [-0.3, -0.25) is 4.90 Å². The van der Waals surface area contributed by atoms with Crippen LogP contribution in [0.15, 0.2) is 0 Å². The van der Waals surface area contributed by atoms with Gasteiger partial charge >= 0.3 is 0 Å². The van der Waals surface area contributed by atoms with E-state index in [1.54, 1.807) is 0 Å². The van der Waals surface area contributed by atoms with Gasteiger partial charge in [-0.1, -0.05) is 20.8 Å². The molecule has 0 saturated heterocycles. The maximum atomic E-state index is 6.43. The highest BCUT2D eigenvalue weighted by atomic mass is 15.2. The summed E-state index contributed by atoms with van der Waals surface area (Å²) in [5.41, 5.74) is 6.43. The van der Waals surface area contributed by atoms with Crippen LogP contribution in [0.3, 0.4) is 0 Å². The molecule has 0 bridgehead atoms. The quantitative estimate of drug-likeness (QED) is 0.845. The molecule has 2 nitrogen and oxygen atoms in total. The van der Waals surface area contributed by atoms with Gasteiger partial charge in [0.05, 0.1) is 0 Å². The van der Waals surface area contributed by atoms with E-state index < -0.39 is 0 Å². The van der Waals surface area contributed by atoms with Crippen LogP contribution in [0, 0.1) is 17.8 Å². The van der Waals surface area contributed by atoms with Gasteiger partial charge in [-0.05, 0) is 69.7 Å². The van der Waals surface area contributed by atoms with Gasteiger partial charge in [0.25, 0.3) is 0 Å². The van der Waals surface area contributed by atoms with Gasteiger partial charge in [-0.15, -0.1) is 0 Å². The van der Waals surface area contributed by atoms with Gasteiger partial charge in [-0.2, -0.15) is 0 Å². The Morgan fingerprint density at radius 2 is 1.63 bits per heavy atom. The van der Waals surface area contributed by atoms with Crippen molar-refractivity contribution in [2.75, 3.05) is 7.05 Å². The van der Waals surface area contributed by atoms with Gasteiger partial charge in [0.15, 0.2) is 0 Å². The van der Waals surface area contributed by atoms with Crippen molar-refractivity contribution in [1.82, 2.24) is 4.90 Å². The lowest BCUT2D eigenvalue weighted by Gasteiger charge is -2.45. The molecule has 0 amide bonds. The molecule has 2 aliphatic carbocycles. The second-order valence-electron chi connectivity index (χ2n) is 7.63. The molecule has 3 atom stereocenters. The number of rotatable bonds is 3. The smallest absolute Gasteiger partial charge is 0.0249 e. The molecule has 19 heavy (non-hydrogen) atoms. The Hall–Kier alpha value is -0.0800. The predicted molar refractivity (Wildman–Crippen MR) is 83.1 cm³/mol. The number of nitrogens with two attached hydrogens (primary N) is 1. The molecule has 0 aromatic rings. The van der Waals surface area contributed by atoms with E-state index in [0.717, 1.165) is 23.8 Å². The first kappa shape index (κ1) is 15.3. The summed E-state index contributed by atoms with van der Waals surface area (Å²) in [7, 11) is 2.34. The summed E-state index contributed by atoms with van der Waals surface area (Å²) in [5.74, 6) is 2.64. The lowest BCUT2D eigenvalue weighted by atomic mass is 9.75. The van der Waals surface area contributed by atoms with Crippen LogP contribution < -0.4 is 5.73 Å². The number of likely N-dealkylation sites (N-methyl/N-ethyl adjacent to an activating group) is 1. The zero-order chi connectivity index (χ0) is 14.0. The minimum Gasteiger partial charge on any atom is -0.326 e. The lowest BCUT2D eigenvalue weighted by Crippen LogP contribution is -2.54. The summed E-state index contributed by atoms with van der Waals surface area (Å²) in [6.07, 6.45) is 9.46. The van der Waals surface area contributed by atoms with Crippen LogP contribution in [0.2, 0.25) is 0 Å². The maximum Gasteiger partial charge on any atom is 0.0249 e. The van der Waals surface area contributed by atoms with E-state index in [-0.39, 0.29) is 0 Å². The Morgan fingerprint density at radius 1 is 1.00 bits per heavy atom. The Bertz CT molecular complexity index is 268. The molecule has 0 aliphatic heterocycles.